The van der Waals surface area contributed by atoms with E-state index in [1.54, 1.807) is 12.1 Å². The predicted molar refractivity (Wildman–Crippen MR) is 114 cm³/mol. The molecule has 1 aromatic heterocycles. The second kappa shape index (κ2) is 6.13. The number of fused-ring (bicyclic) bond motifs is 4. The van der Waals surface area contributed by atoms with Crippen LogP contribution in [0.4, 0.5) is 5.69 Å². The van der Waals surface area contributed by atoms with Crippen molar-refractivity contribution >= 4 is 44.2 Å². The van der Waals surface area contributed by atoms with Crippen LogP contribution in [0.5, 0.6) is 5.75 Å². The van der Waals surface area contributed by atoms with Crippen LogP contribution in [-0.2, 0) is 7.05 Å². The molecule has 0 saturated heterocycles. The van der Waals surface area contributed by atoms with E-state index in [0.29, 0.717) is 5.69 Å². The molecule has 1 heterocycles. The van der Waals surface area contributed by atoms with Crippen molar-refractivity contribution in [1.82, 2.24) is 4.57 Å². The number of hydrogen-bond donors (Lipinski definition) is 2. The molecule has 0 aliphatic heterocycles. The summed E-state index contributed by atoms with van der Waals surface area (Å²) in [5.41, 5.74) is 3.21. The molecule has 1 amide bonds. The van der Waals surface area contributed by atoms with Gasteiger partial charge in [-0.1, -0.05) is 42.5 Å². The van der Waals surface area contributed by atoms with E-state index >= 15 is 0 Å². The third-order valence-electron chi connectivity index (χ3n) is 5.28. The largest absolute Gasteiger partial charge is 0.507 e. The average Bonchev–Trinajstić information content (AvgIpc) is 2.99. The number of aromatic nitrogens is 1. The first kappa shape index (κ1) is 16.4. The molecule has 5 aromatic rings. The van der Waals surface area contributed by atoms with Gasteiger partial charge in [-0.15, -0.1) is 0 Å². The molecule has 0 spiro atoms. The molecule has 0 atom stereocenters. The van der Waals surface area contributed by atoms with Gasteiger partial charge in [0.1, 0.15) is 5.75 Å². The van der Waals surface area contributed by atoms with Gasteiger partial charge in [0.15, 0.2) is 0 Å². The lowest BCUT2D eigenvalue weighted by Crippen LogP contribution is -2.12. The summed E-state index contributed by atoms with van der Waals surface area (Å²) in [6.07, 6.45) is 0. The number of para-hydroxylation sites is 1. The Kier molecular flexibility index (Phi) is 3.59. The second-order valence-electron chi connectivity index (χ2n) is 6.98. The molecule has 0 aliphatic carbocycles. The van der Waals surface area contributed by atoms with Crippen molar-refractivity contribution in [2.75, 3.05) is 5.32 Å². The number of nitrogens with zero attached hydrogens (tertiary/aromatic N) is 1. The summed E-state index contributed by atoms with van der Waals surface area (Å²) in [7, 11) is 2.04. The Balaban J connectivity index is 1.55. The molecular weight excluding hydrogens is 348 g/mol. The van der Waals surface area contributed by atoms with Gasteiger partial charge in [0.05, 0.1) is 5.56 Å². The molecule has 136 valence electrons. The van der Waals surface area contributed by atoms with Gasteiger partial charge in [-0.3, -0.25) is 4.79 Å². The maximum atomic E-state index is 12.8. The zero-order valence-corrected chi connectivity index (χ0v) is 15.3. The predicted octanol–water partition coefficient (Wildman–Crippen LogP) is 5.44. The number of anilines is 1. The van der Waals surface area contributed by atoms with Crippen LogP contribution in [0.3, 0.4) is 0 Å². The number of aromatic hydroxyl groups is 1. The van der Waals surface area contributed by atoms with Gasteiger partial charge in [-0.25, -0.2) is 0 Å². The molecule has 4 aromatic carbocycles. The summed E-state index contributed by atoms with van der Waals surface area (Å²) < 4.78 is 2.14. The van der Waals surface area contributed by atoms with Crippen LogP contribution in [0.2, 0.25) is 0 Å². The minimum absolute atomic E-state index is 0.0255. The molecule has 4 nitrogen and oxygen atoms in total. The fraction of sp³-hybridized carbons (Fsp3) is 0.0417. The van der Waals surface area contributed by atoms with E-state index < -0.39 is 0 Å². The number of aryl methyl sites for hydroxylation is 1. The Hall–Kier alpha value is -3.79. The van der Waals surface area contributed by atoms with Gasteiger partial charge in [-0.05, 0) is 47.2 Å². The summed E-state index contributed by atoms with van der Waals surface area (Å²) in [4.78, 5) is 12.8. The van der Waals surface area contributed by atoms with Crippen LogP contribution in [-0.4, -0.2) is 15.6 Å². The summed E-state index contributed by atoms with van der Waals surface area (Å²) in [6, 6.07) is 25.1. The van der Waals surface area contributed by atoms with E-state index in [4.69, 9.17) is 0 Å². The van der Waals surface area contributed by atoms with Crippen LogP contribution < -0.4 is 5.32 Å². The normalized spacial score (nSPS) is 11.3. The highest BCUT2D eigenvalue weighted by Gasteiger charge is 2.14. The highest BCUT2D eigenvalue weighted by Crippen LogP contribution is 2.31. The van der Waals surface area contributed by atoms with E-state index in [1.807, 2.05) is 61.6 Å². The first-order valence-corrected chi connectivity index (χ1v) is 9.12. The zero-order chi connectivity index (χ0) is 19.3. The van der Waals surface area contributed by atoms with E-state index in [0.717, 1.165) is 32.6 Å². The highest BCUT2D eigenvalue weighted by molar-refractivity contribution is 6.12. The maximum absolute atomic E-state index is 12.8. The first-order chi connectivity index (χ1) is 13.6. The molecule has 0 fully saturated rings. The number of benzene rings is 4. The Labute approximate surface area is 161 Å². The van der Waals surface area contributed by atoms with Gasteiger partial charge in [0.25, 0.3) is 5.91 Å². The standard InChI is InChI=1S/C24H18N2O2/c1-26-21-9-5-4-8-18(21)19-14-17(10-11-22(19)26)25-24(28)20-12-15-6-2-3-7-16(15)13-23(20)27/h2-14,27H,1H3,(H,25,28). The van der Waals surface area contributed by atoms with Crippen molar-refractivity contribution in [3.8, 4) is 5.75 Å². The first-order valence-electron chi connectivity index (χ1n) is 9.12. The molecule has 0 saturated carbocycles. The quantitative estimate of drug-likeness (QED) is 0.437. The van der Waals surface area contributed by atoms with E-state index in [2.05, 4.69) is 22.0 Å². The Morgan fingerprint density at radius 3 is 2.32 bits per heavy atom. The Morgan fingerprint density at radius 2 is 1.50 bits per heavy atom. The number of rotatable bonds is 2. The third-order valence-corrected chi connectivity index (χ3v) is 5.28. The third kappa shape index (κ3) is 2.50. The summed E-state index contributed by atoms with van der Waals surface area (Å²) in [6.45, 7) is 0. The number of carbonyl (C=O) groups is 1. The van der Waals surface area contributed by atoms with Crippen LogP contribution in [0.15, 0.2) is 78.9 Å². The topological polar surface area (TPSA) is 54.3 Å². The van der Waals surface area contributed by atoms with Crippen molar-refractivity contribution in [3.63, 3.8) is 0 Å². The molecule has 0 bridgehead atoms. The second-order valence-corrected chi connectivity index (χ2v) is 6.98. The fourth-order valence-corrected chi connectivity index (χ4v) is 3.85. The van der Waals surface area contributed by atoms with Gasteiger partial charge in [0, 0.05) is 34.5 Å². The molecule has 5 rings (SSSR count). The molecule has 4 heteroatoms. The number of hydrogen-bond acceptors (Lipinski definition) is 2. The number of phenolic OH excluding ortho intramolecular Hbond substituents is 1. The van der Waals surface area contributed by atoms with Crippen molar-refractivity contribution in [2.45, 2.75) is 0 Å². The molecule has 0 radical (unpaired) electrons. The summed E-state index contributed by atoms with van der Waals surface area (Å²) in [5, 5.41) is 17.3. The Bertz CT molecular complexity index is 1380. The van der Waals surface area contributed by atoms with E-state index in [-0.39, 0.29) is 17.2 Å². The van der Waals surface area contributed by atoms with Crippen LogP contribution in [0.25, 0.3) is 32.6 Å². The van der Waals surface area contributed by atoms with Crippen molar-refractivity contribution < 1.29 is 9.90 Å². The van der Waals surface area contributed by atoms with Gasteiger partial charge < -0.3 is 15.0 Å². The SMILES string of the molecule is Cn1c2ccccc2c2cc(NC(=O)c3cc4ccccc4cc3O)ccc21. The highest BCUT2D eigenvalue weighted by atomic mass is 16.3. The number of phenols is 1. The number of carbonyl (C=O) groups excluding carboxylic acids is 1. The molecule has 0 aliphatic rings. The lowest BCUT2D eigenvalue weighted by Gasteiger charge is -2.09. The van der Waals surface area contributed by atoms with Gasteiger partial charge in [-0.2, -0.15) is 0 Å². The molecule has 0 unspecified atom stereocenters. The Morgan fingerprint density at radius 1 is 0.821 bits per heavy atom. The minimum Gasteiger partial charge on any atom is -0.507 e. The van der Waals surface area contributed by atoms with Crippen LogP contribution in [0.1, 0.15) is 10.4 Å². The molecular formula is C24H18N2O2. The van der Waals surface area contributed by atoms with Crippen molar-refractivity contribution in [3.05, 3.63) is 84.4 Å². The molecule has 2 N–H and O–H groups in total. The van der Waals surface area contributed by atoms with Crippen LogP contribution in [0, 0.1) is 0 Å². The van der Waals surface area contributed by atoms with E-state index in [9.17, 15) is 9.90 Å². The van der Waals surface area contributed by atoms with Crippen molar-refractivity contribution in [2.24, 2.45) is 7.05 Å². The van der Waals surface area contributed by atoms with Crippen LogP contribution >= 0.6 is 0 Å². The maximum Gasteiger partial charge on any atom is 0.259 e. The number of amides is 1. The summed E-state index contributed by atoms with van der Waals surface area (Å²) >= 11 is 0. The number of nitrogens with one attached hydrogen (secondary N) is 1. The monoisotopic (exact) mass is 366 g/mol. The fourth-order valence-electron chi connectivity index (χ4n) is 3.85. The van der Waals surface area contributed by atoms with Gasteiger partial charge in [0.2, 0.25) is 0 Å². The smallest absolute Gasteiger partial charge is 0.259 e. The minimum atomic E-state index is -0.331. The van der Waals surface area contributed by atoms with Gasteiger partial charge >= 0.3 is 0 Å². The average molecular weight is 366 g/mol. The lowest BCUT2D eigenvalue weighted by molar-refractivity contribution is 0.102. The molecule has 28 heavy (non-hydrogen) atoms. The summed E-state index contributed by atoms with van der Waals surface area (Å²) in [5.74, 6) is -0.356. The lowest BCUT2D eigenvalue weighted by atomic mass is 10.1. The zero-order valence-electron chi connectivity index (χ0n) is 15.3. The van der Waals surface area contributed by atoms with Crippen molar-refractivity contribution in [1.29, 1.82) is 0 Å². The van der Waals surface area contributed by atoms with E-state index in [1.165, 1.54) is 0 Å².